The van der Waals surface area contributed by atoms with Gasteiger partial charge in [0, 0.05) is 12.7 Å². The molecule has 0 atom stereocenters. The second-order valence-electron chi connectivity index (χ2n) is 7.65. The molecule has 0 aromatic heterocycles. The largest absolute Gasteiger partial charge is 0.495 e. The van der Waals surface area contributed by atoms with Gasteiger partial charge in [0.05, 0.1) is 13.7 Å². The average Bonchev–Trinajstić information content (AvgIpc) is 2.67. The Balaban J connectivity index is 2.17. The van der Waals surface area contributed by atoms with Crippen LogP contribution in [0.4, 0.5) is 5.69 Å². The molecule has 158 valence electrons. The number of nitrogens with zero attached hydrogens (tertiary/aromatic N) is 1. The molecule has 1 amide bonds. The molecule has 2 rings (SSSR count). The van der Waals surface area contributed by atoms with E-state index in [9.17, 15) is 13.2 Å². The fourth-order valence-corrected chi connectivity index (χ4v) is 4.17. The second-order valence-corrected chi connectivity index (χ2v) is 9.66. The van der Waals surface area contributed by atoms with Gasteiger partial charge in [-0.3, -0.25) is 4.79 Å². The molecule has 0 spiro atoms. The summed E-state index contributed by atoms with van der Waals surface area (Å²) in [7, 11) is -1.08. The Morgan fingerprint density at radius 1 is 1.00 bits per heavy atom. The normalized spacial score (nSPS) is 11.9. The third kappa shape index (κ3) is 5.58. The number of nitrogens with one attached hydrogen (secondary N) is 1. The van der Waals surface area contributed by atoms with Gasteiger partial charge in [0.25, 0.3) is 0 Å². The topological polar surface area (TPSA) is 75.7 Å². The zero-order chi connectivity index (χ0) is 21.8. The van der Waals surface area contributed by atoms with Crippen LogP contribution in [0.1, 0.15) is 50.7 Å². The summed E-state index contributed by atoms with van der Waals surface area (Å²) in [5.41, 5.74) is 2.68. The van der Waals surface area contributed by atoms with Crippen molar-refractivity contribution < 1.29 is 17.9 Å². The second kappa shape index (κ2) is 9.41. The minimum Gasteiger partial charge on any atom is -0.495 e. The van der Waals surface area contributed by atoms with Crippen molar-refractivity contribution in [2.24, 2.45) is 0 Å². The Kier molecular flexibility index (Phi) is 7.43. The first kappa shape index (κ1) is 22.9. The van der Waals surface area contributed by atoms with Gasteiger partial charge in [-0.25, -0.2) is 8.42 Å². The average molecular weight is 419 g/mol. The van der Waals surface area contributed by atoms with Crippen LogP contribution < -0.4 is 10.1 Å². The van der Waals surface area contributed by atoms with Crippen molar-refractivity contribution in [3.05, 3.63) is 53.6 Å². The molecule has 0 bridgehead atoms. The summed E-state index contributed by atoms with van der Waals surface area (Å²) in [4.78, 5) is 12.5. The van der Waals surface area contributed by atoms with E-state index in [0.29, 0.717) is 11.6 Å². The van der Waals surface area contributed by atoms with Crippen LogP contribution in [0.3, 0.4) is 0 Å². The molecule has 0 radical (unpaired) electrons. The first-order valence-electron chi connectivity index (χ1n) is 9.60. The van der Waals surface area contributed by atoms with Gasteiger partial charge >= 0.3 is 0 Å². The summed E-state index contributed by atoms with van der Waals surface area (Å²) in [6.07, 6.45) is 0. The van der Waals surface area contributed by atoms with Gasteiger partial charge in [0.2, 0.25) is 15.9 Å². The van der Waals surface area contributed by atoms with Gasteiger partial charge < -0.3 is 10.1 Å². The third-order valence-corrected chi connectivity index (χ3v) is 6.59. The van der Waals surface area contributed by atoms with Crippen molar-refractivity contribution in [2.75, 3.05) is 26.0 Å². The predicted octanol–water partition coefficient (Wildman–Crippen LogP) is 4.20. The van der Waals surface area contributed by atoms with E-state index in [0.717, 1.165) is 9.87 Å². The minimum absolute atomic E-state index is 0.0581. The van der Waals surface area contributed by atoms with Crippen molar-refractivity contribution >= 4 is 21.6 Å². The summed E-state index contributed by atoms with van der Waals surface area (Å²) in [5, 5.41) is 2.74. The quantitative estimate of drug-likeness (QED) is 0.697. The zero-order valence-electron chi connectivity index (χ0n) is 17.9. The van der Waals surface area contributed by atoms with E-state index in [2.05, 4.69) is 19.2 Å². The molecular weight excluding hydrogens is 388 g/mol. The van der Waals surface area contributed by atoms with Crippen LogP contribution >= 0.6 is 0 Å². The number of carbonyl (C=O) groups excluding carboxylic acids is 1. The van der Waals surface area contributed by atoms with E-state index in [4.69, 9.17) is 4.74 Å². The number of hydrogen-bond donors (Lipinski definition) is 1. The van der Waals surface area contributed by atoms with E-state index in [1.54, 1.807) is 12.1 Å². The van der Waals surface area contributed by atoms with Crippen molar-refractivity contribution in [3.8, 4) is 5.75 Å². The highest BCUT2D eigenvalue weighted by atomic mass is 32.2. The number of ether oxygens (including phenoxy) is 1. The lowest BCUT2D eigenvalue weighted by Crippen LogP contribution is -2.35. The fourth-order valence-electron chi connectivity index (χ4n) is 2.86. The Hall–Kier alpha value is -2.38. The number of methoxy groups -OCH3 is 1. The first-order valence-corrected chi connectivity index (χ1v) is 11.0. The van der Waals surface area contributed by atoms with Crippen LogP contribution in [0.5, 0.6) is 5.75 Å². The van der Waals surface area contributed by atoms with Gasteiger partial charge in [-0.1, -0.05) is 45.9 Å². The summed E-state index contributed by atoms with van der Waals surface area (Å²) in [5.74, 6) is 0.406. The van der Waals surface area contributed by atoms with Crippen molar-refractivity contribution in [2.45, 2.75) is 44.4 Å². The third-order valence-electron chi connectivity index (χ3n) is 4.77. The van der Waals surface area contributed by atoms with E-state index >= 15 is 0 Å². The number of benzene rings is 2. The molecule has 29 heavy (non-hydrogen) atoms. The van der Waals surface area contributed by atoms with Crippen LogP contribution in [0.2, 0.25) is 0 Å². The summed E-state index contributed by atoms with van der Waals surface area (Å²) < 4.78 is 32.4. The van der Waals surface area contributed by atoms with Gasteiger partial charge in [0.1, 0.15) is 10.6 Å². The lowest BCUT2D eigenvalue weighted by atomic mass is 10.0. The van der Waals surface area contributed by atoms with Crippen LogP contribution in [-0.4, -0.2) is 39.3 Å². The molecule has 2 aromatic carbocycles. The Bertz CT molecular complexity index is 951. The number of anilines is 1. The highest BCUT2D eigenvalue weighted by Crippen LogP contribution is 2.30. The van der Waals surface area contributed by atoms with E-state index in [1.807, 2.05) is 44.2 Å². The van der Waals surface area contributed by atoms with Crippen LogP contribution in [0.25, 0.3) is 0 Å². The van der Waals surface area contributed by atoms with Crippen molar-refractivity contribution in [3.63, 3.8) is 0 Å². The van der Waals surface area contributed by atoms with Gasteiger partial charge in [-0.15, -0.1) is 0 Å². The lowest BCUT2D eigenvalue weighted by Gasteiger charge is -2.20. The molecule has 7 heteroatoms. The van der Waals surface area contributed by atoms with Crippen molar-refractivity contribution in [1.82, 2.24) is 4.31 Å². The van der Waals surface area contributed by atoms with E-state index in [1.165, 1.54) is 19.7 Å². The van der Waals surface area contributed by atoms with Gasteiger partial charge in [-0.05, 0) is 47.2 Å². The predicted molar refractivity (Wildman–Crippen MR) is 116 cm³/mol. The fraction of sp³-hybridized carbons (Fsp3) is 0.409. The first-order chi connectivity index (χ1) is 13.6. The number of carbonyl (C=O) groups is 1. The SMILES string of the molecule is COc1ccc(C(C)C)cc1S(=O)(=O)N(C)CC(=O)Nc1ccc(C(C)C)cc1. The number of hydrogen-bond acceptors (Lipinski definition) is 4. The molecule has 0 fully saturated rings. The lowest BCUT2D eigenvalue weighted by molar-refractivity contribution is -0.116. The molecule has 6 nitrogen and oxygen atoms in total. The summed E-state index contributed by atoms with van der Waals surface area (Å²) in [6, 6.07) is 12.6. The summed E-state index contributed by atoms with van der Waals surface area (Å²) >= 11 is 0. The minimum atomic E-state index is -3.90. The molecule has 1 N–H and O–H groups in total. The van der Waals surface area contributed by atoms with Gasteiger partial charge in [-0.2, -0.15) is 4.31 Å². The Morgan fingerprint density at radius 2 is 1.55 bits per heavy atom. The number of amides is 1. The molecule has 2 aromatic rings. The van der Waals surface area contributed by atoms with Crippen LogP contribution in [0.15, 0.2) is 47.4 Å². The zero-order valence-corrected chi connectivity index (χ0v) is 18.7. The number of sulfonamides is 1. The van der Waals surface area contributed by atoms with Crippen LogP contribution in [0, 0.1) is 0 Å². The smallest absolute Gasteiger partial charge is 0.246 e. The molecule has 0 aliphatic heterocycles. The molecule has 0 saturated heterocycles. The summed E-state index contributed by atoms with van der Waals surface area (Å²) in [6.45, 7) is 7.86. The molecule has 0 aliphatic carbocycles. The van der Waals surface area contributed by atoms with E-state index < -0.39 is 15.9 Å². The molecule has 0 saturated carbocycles. The van der Waals surface area contributed by atoms with Crippen LogP contribution in [-0.2, 0) is 14.8 Å². The molecule has 0 aliphatic rings. The van der Waals surface area contributed by atoms with Gasteiger partial charge in [0.15, 0.2) is 0 Å². The molecule has 0 heterocycles. The Labute approximate surface area is 173 Å². The number of likely N-dealkylation sites (N-methyl/N-ethyl adjacent to an activating group) is 1. The standard InChI is InChI=1S/C22H30N2O4S/c1-15(2)17-7-10-19(11-8-17)23-22(25)14-24(5)29(26,27)21-13-18(16(3)4)9-12-20(21)28-6/h7-13,15-16H,14H2,1-6H3,(H,23,25). The number of rotatable bonds is 8. The maximum Gasteiger partial charge on any atom is 0.246 e. The molecular formula is C22H30N2O4S. The molecule has 0 unspecified atom stereocenters. The van der Waals surface area contributed by atoms with E-state index in [-0.39, 0.29) is 23.1 Å². The van der Waals surface area contributed by atoms with Crippen molar-refractivity contribution in [1.29, 1.82) is 0 Å². The Morgan fingerprint density at radius 3 is 2.07 bits per heavy atom. The highest BCUT2D eigenvalue weighted by Gasteiger charge is 2.27. The maximum atomic E-state index is 13.1. The highest BCUT2D eigenvalue weighted by molar-refractivity contribution is 7.89. The maximum absolute atomic E-state index is 13.1. The monoisotopic (exact) mass is 418 g/mol.